The lowest BCUT2D eigenvalue weighted by molar-refractivity contribution is -0.111. The lowest BCUT2D eigenvalue weighted by Gasteiger charge is -2.16. The van der Waals surface area contributed by atoms with Crippen LogP contribution in [0.1, 0.15) is 68.3 Å². The van der Waals surface area contributed by atoms with Crippen LogP contribution in [0.2, 0.25) is 0 Å². The highest BCUT2D eigenvalue weighted by Crippen LogP contribution is 2.27. The fraction of sp³-hybridized carbons (Fsp3) is 0.571. The molecular weight excluding hydrogens is 459 g/mol. The maximum Gasteiger partial charge on any atom is 0.520 e. The highest BCUT2D eigenvalue weighted by atomic mass is 32.2. The Kier molecular flexibility index (Phi) is 14.0. The Hall–Kier alpha value is -1.87. The van der Waals surface area contributed by atoms with Gasteiger partial charge in [-0.05, 0) is 25.0 Å². The summed E-state index contributed by atoms with van der Waals surface area (Å²) in [5.41, 5.74) is 0.237. The van der Waals surface area contributed by atoms with E-state index in [4.69, 9.17) is 14.4 Å². The van der Waals surface area contributed by atoms with E-state index < -0.39 is 26.5 Å². The largest absolute Gasteiger partial charge is 0.520 e. The van der Waals surface area contributed by atoms with Crippen molar-refractivity contribution < 1.29 is 42.9 Å². The van der Waals surface area contributed by atoms with Crippen molar-refractivity contribution in [2.24, 2.45) is 0 Å². The van der Waals surface area contributed by atoms with Crippen molar-refractivity contribution >= 4 is 37.3 Å². The average molecular weight is 491 g/mol. The second-order valence-electron chi connectivity index (χ2n) is 6.94. The van der Waals surface area contributed by atoms with Gasteiger partial charge in [-0.1, -0.05) is 56.5 Å². The van der Waals surface area contributed by atoms with E-state index in [-0.39, 0.29) is 35.2 Å². The Balaban J connectivity index is 2.78. The number of rotatable bonds is 14. The average Bonchev–Trinajstić information content (AvgIpc) is 2.71. The van der Waals surface area contributed by atoms with Crippen LogP contribution in [0.5, 0.6) is 5.75 Å². The van der Waals surface area contributed by atoms with Gasteiger partial charge in [-0.3, -0.25) is 4.79 Å². The van der Waals surface area contributed by atoms with Crippen molar-refractivity contribution in [3.8, 4) is 5.75 Å². The fourth-order valence-corrected chi connectivity index (χ4v) is 3.86. The van der Waals surface area contributed by atoms with Crippen LogP contribution in [-0.2, 0) is 25.0 Å². The summed E-state index contributed by atoms with van der Waals surface area (Å²) in [5.74, 6) is -0.863. The lowest BCUT2D eigenvalue weighted by atomic mass is 10.0. The number of carbonyl (C=O) groups is 3. The van der Waals surface area contributed by atoms with E-state index in [1.165, 1.54) is 12.1 Å². The van der Waals surface area contributed by atoms with Crippen LogP contribution in [0.25, 0.3) is 0 Å². The zero-order valence-electron chi connectivity index (χ0n) is 18.3. The van der Waals surface area contributed by atoms with E-state index in [0.29, 0.717) is 12.0 Å². The summed E-state index contributed by atoms with van der Waals surface area (Å²) in [6, 6.07) is 4.35. The molecule has 2 atom stereocenters. The summed E-state index contributed by atoms with van der Waals surface area (Å²) < 4.78 is 24.7. The number of hydrogen-bond donors (Lipinski definition) is 2. The molecule has 1 aromatic carbocycles. The Morgan fingerprint density at radius 3 is 2.50 bits per heavy atom. The third-order valence-corrected chi connectivity index (χ3v) is 5.75. The summed E-state index contributed by atoms with van der Waals surface area (Å²) in [6.45, 7) is 3.79. The minimum absolute atomic E-state index is 0.00483. The number of ether oxygens (including phenoxy) is 2. The molecule has 0 fully saturated rings. The second kappa shape index (κ2) is 15.9. The van der Waals surface area contributed by atoms with Gasteiger partial charge in [0.05, 0.1) is 12.7 Å². The summed E-state index contributed by atoms with van der Waals surface area (Å²) in [6.07, 6.45) is 3.31. The zero-order valence-corrected chi connectivity index (χ0v) is 20.2. The summed E-state index contributed by atoms with van der Waals surface area (Å²) in [7, 11) is -3.57. The SMILES string of the molecule is CCCCCCCC(=O)SCC(O)Cc1cccc(OC(=O)O[PH](=O)O)c1C(=O)OCC. The molecule has 32 heavy (non-hydrogen) atoms. The van der Waals surface area contributed by atoms with Gasteiger partial charge in [0.25, 0.3) is 0 Å². The first-order valence-corrected chi connectivity index (χ1v) is 12.8. The Bertz CT molecular complexity index is 785. The highest BCUT2D eigenvalue weighted by Gasteiger charge is 2.23. The molecule has 0 amide bonds. The Morgan fingerprint density at radius 1 is 1.12 bits per heavy atom. The van der Waals surface area contributed by atoms with E-state index in [1.807, 2.05) is 0 Å². The van der Waals surface area contributed by atoms with Crippen LogP contribution < -0.4 is 4.74 Å². The Morgan fingerprint density at radius 2 is 1.84 bits per heavy atom. The third kappa shape index (κ3) is 11.1. The van der Waals surface area contributed by atoms with Crippen LogP contribution in [-0.4, -0.2) is 45.7 Å². The van der Waals surface area contributed by atoms with Crippen LogP contribution in [0, 0.1) is 0 Å². The minimum Gasteiger partial charge on any atom is -0.462 e. The molecule has 0 radical (unpaired) electrons. The topological polar surface area (TPSA) is 136 Å². The molecule has 180 valence electrons. The number of thioether (sulfide) groups is 1. The van der Waals surface area contributed by atoms with Crippen molar-refractivity contribution in [2.75, 3.05) is 12.4 Å². The van der Waals surface area contributed by atoms with E-state index in [2.05, 4.69) is 11.4 Å². The second-order valence-corrected chi connectivity index (χ2v) is 8.75. The van der Waals surface area contributed by atoms with E-state index in [9.17, 15) is 24.1 Å². The van der Waals surface area contributed by atoms with Gasteiger partial charge in [-0.25, -0.2) is 14.2 Å². The van der Waals surface area contributed by atoms with E-state index in [1.54, 1.807) is 13.0 Å². The molecule has 0 saturated carbocycles. The Labute approximate surface area is 192 Å². The number of esters is 1. The number of aliphatic hydroxyl groups is 1. The molecule has 2 unspecified atom stereocenters. The summed E-state index contributed by atoms with van der Waals surface area (Å²) in [4.78, 5) is 44.7. The molecule has 0 bridgehead atoms. The molecule has 0 heterocycles. The lowest BCUT2D eigenvalue weighted by Crippen LogP contribution is -2.19. The number of unbranched alkanes of at least 4 members (excludes halogenated alkanes) is 4. The number of aliphatic hydroxyl groups excluding tert-OH is 1. The maximum atomic E-state index is 12.4. The predicted octanol–water partition coefficient (Wildman–Crippen LogP) is 4.28. The van der Waals surface area contributed by atoms with Gasteiger partial charge in [-0.15, -0.1) is 0 Å². The van der Waals surface area contributed by atoms with Crippen molar-refractivity contribution in [3.05, 3.63) is 29.3 Å². The van der Waals surface area contributed by atoms with Crippen molar-refractivity contribution in [3.63, 3.8) is 0 Å². The molecule has 2 N–H and O–H groups in total. The normalized spacial score (nSPS) is 12.6. The van der Waals surface area contributed by atoms with Crippen molar-refractivity contribution in [2.45, 2.75) is 64.9 Å². The van der Waals surface area contributed by atoms with Gasteiger partial charge in [0.1, 0.15) is 11.3 Å². The smallest absolute Gasteiger partial charge is 0.462 e. The van der Waals surface area contributed by atoms with Gasteiger partial charge in [0.2, 0.25) is 0 Å². The molecule has 0 aliphatic rings. The molecule has 0 aliphatic carbocycles. The maximum absolute atomic E-state index is 12.4. The van der Waals surface area contributed by atoms with Gasteiger partial charge in [-0.2, -0.15) is 0 Å². The van der Waals surface area contributed by atoms with Crippen LogP contribution in [0.15, 0.2) is 18.2 Å². The molecule has 11 heteroatoms. The molecule has 1 aromatic rings. The van der Waals surface area contributed by atoms with Crippen molar-refractivity contribution in [1.82, 2.24) is 0 Å². The van der Waals surface area contributed by atoms with E-state index >= 15 is 0 Å². The number of benzene rings is 1. The zero-order chi connectivity index (χ0) is 23.9. The first-order valence-electron chi connectivity index (χ1n) is 10.5. The van der Waals surface area contributed by atoms with Crippen molar-refractivity contribution in [1.29, 1.82) is 0 Å². The third-order valence-electron chi connectivity index (χ3n) is 4.33. The molecule has 1 rings (SSSR count). The van der Waals surface area contributed by atoms with Crippen LogP contribution in [0.4, 0.5) is 4.79 Å². The van der Waals surface area contributed by atoms with Crippen LogP contribution in [0.3, 0.4) is 0 Å². The van der Waals surface area contributed by atoms with E-state index in [0.717, 1.165) is 43.9 Å². The summed E-state index contributed by atoms with van der Waals surface area (Å²) in [5, 5.41) is 10.4. The molecule has 0 spiro atoms. The van der Waals surface area contributed by atoms with Gasteiger partial charge in [0.15, 0.2) is 5.12 Å². The molecule has 0 aromatic heterocycles. The quantitative estimate of drug-likeness (QED) is 0.168. The standard InChI is InChI=1S/C21H31O9PS/c1-3-5-6-7-8-12-18(23)32-14-16(22)13-15-10-9-11-17(19(15)20(24)28-4-2)29-21(25)30-31(26)27/h9-11,16,22,31H,3-8,12-14H2,1-2H3,(H,26,27). The fourth-order valence-electron chi connectivity index (χ4n) is 2.90. The predicted molar refractivity (Wildman–Crippen MR) is 121 cm³/mol. The van der Waals surface area contributed by atoms with Gasteiger partial charge < -0.3 is 24.0 Å². The monoisotopic (exact) mass is 490 g/mol. The minimum atomic E-state index is -3.57. The first kappa shape index (κ1) is 28.2. The molecular formula is C21H31O9PS. The molecule has 0 saturated heterocycles. The molecule has 0 aliphatic heterocycles. The number of hydrogen-bond acceptors (Lipinski definition) is 9. The van der Waals surface area contributed by atoms with Crippen LogP contribution >= 0.6 is 20.0 Å². The highest BCUT2D eigenvalue weighted by molar-refractivity contribution is 8.13. The van der Waals surface area contributed by atoms with Gasteiger partial charge >= 0.3 is 20.4 Å². The number of carbonyl (C=O) groups excluding carboxylic acids is 3. The van der Waals surface area contributed by atoms with Gasteiger partial charge in [0, 0.05) is 18.6 Å². The summed E-state index contributed by atoms with van der Waals surface area (Å²) >= 11 is 1.04. The first-order chi connectivity index (χ1) is 15.3. The molecule has 9 nitrogen and oxygen atoms in total.